The Labute approximate surface area is 207 Å². The third kappa shape index (κ3) is 5.06. The number of carbonyl (C=O) groups is 2. The first-order valence-corrected chi connectivity index (χ1v) is 13.2. The summed E-state index contributed by atoms with van der Waals surface area (Å²) in [7, 11) is -3.94. The number of carbonyl (C=O) groups excluding carboxylic acids is 2. The zero-order chi connectivity index (χ0) is 25.2. The van der Waals surface area contributed by atoms with Crippen LogP contribution in [0.5, 0.6) is 0 Å². The fourth-order valence-electron chi connectivity index (χ4n) is 3.65. The number of thiophene rings is 1. The van der Waals surface area contributed by atoms with Gasteiger partial charge in [0.2, 0.25) is 0 Å². The summed E-state index contributed by atoms with van der Waals surface area (Å²) in [5, 5.41) is 4.69. The number of ether oxygens (including phenoxy) is 1. The molecule has 180 valence electrons. The van der Waals surface area contributed by atoms with Gasteiger partial charge in [-0.15, -0.1) is 11.3 Å². The van der Waals surface area contributed by atoms with Crippen molar-refractivity contribution in [2.75, 3.05) is 16.6 Å². The highest BCUT2D eigenvalue weighted by atomic mass is 32.2. The number of rotatable bonds is 7. The molecule has 0 saturated carbocycles. The predicted octanol–water partition coefficient (Wildman–Crippen LogP) is 5.75. The fourth-order valence-corrected chi connectivity index (χ4v) is 5.79. The zero-order valence-electron chi connectivity index (χ0n) is 19.4. The molecule has 0 atom stereocenters. The van der Waals surface area contributed by atoms with Crippen LogP contribution in [0.3, 0.4) is 0 Å². The van der Waals surface area contributed by atoms with E-state index in [1.807, 2.05) is 31.2 Å². The van der Waals surface area contributed by atoms with Crippen LogP contribution in [0.2, 0.25) is 0 Å². The van der Waals surface area contributed by atoms with Gasteiger partial charge in [0.15, 0.2) is 0 Å². The summed E-state index contributed by atoms with van der Waals surface area (Å²) >= 11 is 1.27. The van der Waals surface area contributed by atoms with Crippen LogP contribution in [0.1, 0.15) is 38.1 Å². The monoisotopic (exact) mass is 508 g/mol. The van der Waals surface area contributed by atoms with Crippen LogP contribution in [0.15, 0.2) is 71.6 Å². The molecule has 0 aliphatic heterocycles. The van der Waals surface area contributed by atoms with Crippen molar-refractivity contribution in [1.29, 1.82) is 0 Å². The van der Waals surface area contributed by atoms with Crippen LogP contribution in [-0.4, -0.2) is 26.9 Å². The minimum atomic E-state index is -3.94. The van der Waals surface area contributed by atoms with Crippen LogP contribution in [-0.2, 0) is 14.8 Å². The van der Waals surface area contributed by atoms with Crippen molar-refractivity contribution in [2.45, 2.75) is 25.7 Å². The number of fused-ring (bicyclic) bond motifs is 1. The molecule has 7 nitrogen and oxygen atoms in total. The Morgan fingerprint density at radius 3 is 2.23 bits per heavy atom. The normalized spacial score (nSPS) is 11.3. The second-order valence-corrected chi connectivity index (χ2v) is 10.7. The third-order valence-electron chi connectivity index (χ3n) is 5.52. The summed E-state index contributed by atoms with van der Waals surface area (Å²) in [4.78, 5) is 27.0. The van der Waals surface area contributed by atoms with Crippen molar-refractivity contribution in [1.82, 2.24) is 0 Å². The third-order valence-corrected chi connectivity index (χ3v) is 8.02. The van der Waals surface area contributed by atoms with E-state index in [0.717, 1.165) is 21.2 Å². The maximum atomic E-state index is 13.5. The summed E-state index contributed by atoms with van der Waals surface area (Å²) in [6.07, 6.45) is 0. The summed E-state index contributed by atoms with van der Waals surface area (Å²) in [6.45, 7) is 5.57. The Balaban J connectivity index is 1.77. The lowest BCUT2D eigenvalue weighted by atomic mass is 10.0. The van der Waals surface area contributed by atoms with E-state index in [1.165, 1.54) is 23.5 Å². The van der Waals surface area contributed by atoms with Crippen molar-refractivity contribution in [3.05, 3.63) is 88.3 Å². The van der Waals surface area contributed by atoms with E-state index in [-0.39, 0.29) is 22.8 Å². The second-order valence-electron chi connectivity index (χ2n) is 7.83. The number of sulfonamides is 1. The van der Waals surface area contributed by atoms with Gasteiger partial charge in [-0.1, -0.05) is 42.5 Å². The fraction of sp³-hybridized carbons (Fsp3) is 0.154. The Morgan fingerprint density at radius 1 is 0.943 bits per heavy atom. The van der Waals surface area contributed by atoms with Crippen LogP contribution in [0, 0.1) is 13.8 Å². The molecule has 4 rings (SSSR count). The van der Waals surface area contributed by atoms with Crippen molar-refractivity contribution in [3.8, 4) is 0 Å². The first kappa shape index (κ1) is 24.4. The summed E-state index contributed by atoms with van der Waals surface area (Å²) < 4.78 is 33.8. The van der Waals surface area contributed by atoms with Crippen molar-refractivity contribution < 1.29 is 22.7 Å². The number of nitrogens with one attached hydrogen (secondary N) is 2. The van der Waals surface area contributed by atoms with Crippen LogP contribution in [0.4, 0.5) is 10.7 Å². The van der Waals surface area contributed by atoms with E-state index in [2.05, 4.69) is 10.0 Å². The highest BCUT2D eigenvalue weighted by Crippen LogP contribution is 2.34. The van der Waals surface area contributed by atoms with Gasteiger partial charge in [0.05, 0.1) is 28.3 Å². The minimum absolute atomic E-state index is 0.0774. The molecule has 0 aliphatic carbocycles. The number of anilines is 2. The van der Waals surface area contributed by atoms with E-state index in [1.54, 1.807) is 44.2 Å². The quantitative estimate of drug-likeness (QED) is 0.310. The number of hydrogen-bond donors (Lipinski definition) is 2. The van der Waals surface area contributed by atoms with Gasteiger partial charge in [0.25, 0.3) is 15.9 Å². The Bertz CT molecular complexity index is 1530. The average Bonchev–Trinajstić information content (AvgIpc) is 3.11. The highest BCUT2D eigenvalue weighted by Gasteiger charge is 2.25. The van der Waals surface area contributed by atoms with E-state index in [0.29, 0.717) is 10.6 Å². The van der Waals surface area contributed by atoms with Crippen LogP contribution in [0.25, 0.3) is 10.8 Å². The Hall–Kier alpha value is -3.69. The van der Waals surface area contributed by atoms with E-state index >= 15 is 0 Å². The standard InChI is InChI=1S/C26H24N2O5S2/c1-4-33-26(30)23-16(2)17(3)34-25(23)27-24(29)21-14-18-10-8-9-11-19(18)15-22(21)28-35(31,32)20-12-6-5-7-13-20/h5-15,28H,4H2,1-3H3,(H,27,29). The van der Waals surface area contributed by atoms with Gasteiger partial charge in [0, 0.05) is 4.88 Å². The Morgan fingerprint density at radius 2 is 1.57 bits per heavy atom. The SMILES string of the molecule is CCOC(=O)c1c(NC(=O)c2cc3ccccc3cc2NS(=O)(=O)c2ccccc2)sc(C)c1C. The molecule has 0 fully saturated rings. The van der Waals surface area contributed by atoms with Crippen molar-refractivity contribution >= 4 is 54.7 Å². The molecule has 9 heteroatoms. The minimum Gasteiger partial charge on any atom is -0.462 e. The number of esters is 1. The Kier molecular flexibility index (Phi) is 6.90. The van der Waals surface area contributed by atoms with Crippen LogP contribution >= 0.6 is 11.3 Å². The van der Waals surface area contributed by atoms with Crippen LogP contribution < -0.4 is 10.0 Å². The molecule has 0 radical (unpaired) electrons. The first-order chi connectivity index (χ1) is 16.7. The van der Waals surface area contributed by atoms with Crippen molar-refractivity contribution in [2.24, 2.45) is 0 Å². The average molecular weight is 509 g/mol. The molecule has 3 aromatic carbocycles. The molecule has 1 amide bonds. The molecule has 35 heavy (non-hydrogen) atoms. The zero-order valence-corrected chi connectivity index (χ0v) is 21.0. The number of hydrogen-bond acceptors (Lipinski definition) is 6. The predicted molar refractivity (Wildman–Crippen MR) is 139 cm³/mol. The first-order valence-electron chi connectivity index (χ1n) is 10.9. The maximum absolute atomic E-state index is 13.5. The van der Waals surface area contributed by atoms with Gasteiger partial charge in [-0.25, -0.2) is 13.2 Å². The molecule has 1 heterocycles. The van der Waals surface area contributed by atoms with Gasteiger partial charge in [0.1, 0.15) is 5.00 Å². The molecular weight excluding hydrogens is 484 g/mol. The lowest BCUT2D eigenvalue weighted by Gasteiger charge is -2.15. The lowest BCUT2D eigenvalue weighted by molar-refractivity contribution is 0.0527. The largest absolute Gasteiger partial charge is 0.462 e. The molecule has 0 saturated heterocycles. The van der Waals surface area contributed by atoms with Gasteiger partial charge < -0.3 is 10.1 Å². The van der Waals surface area contributed by atoms with E-state index in [4.69, 9.17) is 4.74 Å². The van der Waals surface area contributed by atoms with Gasteiger partial charge >= 0.3 is 5.97 Å². The van der Waals surface area contributed by atoms with Crippen molar-refractivity contribution in [3.63, 3.8) is 0 Å². The molecule has 1 aromatic heterocycles. The smallest absolute Gasteiger partial charge is 0.341 e. The van der Waals surface area contributed by atoms with E-state index in [9.17, 15) is 18.0 Å². The molecular formula is C26H24N2O5S2. The van der Waals surface area contributed by atoms with E-state index < -0.39 is 21.9 Å². The summed E-state index contributed by atoms with van der Waals surface area (Å²) in [6, 6.07) is 18.5. The highest BCUT2D eigenvalue weighted by molar-refractivity contribution is 7.92. The summed E-state index contributed by atoms with van der Waals surface area (Å²) in [5.41, 5.74) is 1.29. The topological polar surface area (TPSA) is 102 Å². The summed E-state index contributed by atoms with van der Waals surface area (Å²) in [5.74, 6) is -1.07. The molecule has 0 spiro atoms. The second kappa shape index (κ2) is 9.89. The van der Waals surface area contributed by atoms with Gasteiger partial charge in [-0.2, -0.15) is 0 Å². The maximum Gasteiger partial charge on any atom is 0.341 e. The molecule has 0 unspecified atom stereocenters. The molecule has 2 N–H and O–H groups in total. The molecule has 0 bridgehead atoms. The number of aryl methyl sites for hydroxylation is 1. The molecule has 4 aromatic rings. The van der Waals surface area contributed by atoms with Gasteiger partial charge in [-0.3, -0.25) is 9.52 Å². The number of benzene rings is 3. The lowest BCUT2D eigenvalue weighted by Crippen LogP contribution is -2.19. The number of amides is 1. The van der Waals surface area contributed by atoms with Gasteiger partial charge in [-0.05, 0) is 61.4 Å². The molecule has 0 aliphatic rings.